The number of hydrogen-bond acceptors (Lipinski definition) is 4. The summed E-state index contributed by atoms with van der Waals surface area (Å²) in [6.07, 6.45) is 16.3. The molecule has 0 aromatic heterocycles. The third-order valence-corrected chi connectivity index (χ3v) is 11.8. The number of nitriles is 1. The van der Waals surface area contributed by atoms with Crippen LogP contribution >= 0.6 is 0 Å². The lowest BCUT2D eigenvalue weighted by Crippen LogP contribution is -2.51. The van der Waals surface area contributed by atoms with Gasteiger partial charge in [-0.15, -0.1) is 0 Å². The van der Waals surface area contributed by atoms with E-state index in [0.29, 0.717) is 36.0 Å². The Kier molecular flexibility index (Phi) is 6.88. The van der Waals surface area contributed by atoms with Crippen molar-refractivity contribution in [3.63, 3.8) is 0 Å². The smallest absolute Gasteiger partial charge is 0.306 e. The number of ether oxygens (including phenoxy) is 1. The van der Waals surface area contributed by atoms with Crippen LogP contribution in [-0.4, -0.2) is 23.3 Å². The van der Waals surface area contributed by atoms with E-state index in [1.807, 2.05) is 0 Å². The van der Waals surface area contributed by atoms with E-state index >= 15 is 0 Å². The summed E-state index contributed by atoms with van der Waals surface area (Å²) < 4.78 is 5.81. The molecule has 0 aliphatic heterocycles. The molecule has 0 heterocycles. The molecule has 0 amide bonds. The minimum atomic E-state index is -0.388. The highest BCUT2D eigenvalue weighted by molar-refractivity contribution is 5.69. The van der Waals surface area contributed by atoms with Crippen molar-refractivity contribution < 1.29 is 14.6 Å². The van der Waals surface area contributed by atoms with Crippen molar-refractivity contribution in [2.75, 3.05) is 0 Å². The van der Waals surface area contributed by atoms with Crippen LogP contribution in [0.2, 0.25) is 0 Å². The van der Waals surface area contributed by atoms with E-state index in [2.05, 4.69) is 26.8 Å². The second kappa shape index (κ2) is 9.51. The Bertz CT molecular complexity index is 897. The van der Waals surface area contributed by atoms with Crippen molar-refractivity contribution in [3.8, 4) is 6.07 Å². The molecule has 0 unspecified atom stereocenters. The summed E-state index contributed by atoms with van der Waals surface area (Å²) in [4.78, 5) is 12.6. The predicted molar refractivity (Wildman–Crippen MR) is 137 cm³/mol. The number of aliphatic hydroxyl groups excluding tert-OH is 1. The molecule has 194 valence electrons. The van der Waals surface area contributed by atoms with Gasteiger partial charge in [0, 0.05) is 11.8 Å². The third-order valence-electron chi connectivity index (χ3n) is 11.8. The molecule has 0 aromatic rings. The minimum Gasteiger partial charge on any atom is -0.462 e. The van der Waals surface area contributed by atoms with E-state index < -0.39 is 0 Å². The molecule has 4 nitrogen and oxygen atoms in total. The Morgan fingerprint density at radius 3 is 2.60 bits per heavy atom. The number of allylic oxidation sites excluding steroid dienone is 2. The van der Waals surface area contributed by atoms with Crippen LogP contribution < -0.4 is 0 Å². The lowest BCUT2D eigenvalue weighted by molar-refractivity contribution is -0.151. The largest absolute Gasteiger partial charge is 0.462 e. The minimum absolute atomic E-state index is 0.0182. The number of carbonyl (C=O) groups excluding carboxylic acids is 1. The Morgan fingerprint density at radius 2 is 1.86 bits per heavy atom. The fraction of sp³-hybridized carbons (Fsp3) is 0.871. The summed E-state index contributed by atoms with van der Waals surface area (Å²) >= 11 is 0. The number of carbonyl (C=O) groups is 1. The number of hydrogen-bond donors (Lipinski definition) is 1. The quantitative estimate of drug-likeness (QED) is 0.331. The molecular formula is C31H47NO3. The van der Waals surface area contributed by atoms with Crippen molar-refractivity contribution in [3.05, 3.63) is 11.1 Å². The first kappa shape index (κ1) is 25.3. The molecule has 0 saturated heterocycles. The van der Waals surface area contributed by atoms with E-state index in [0.717, 1.165) is 51.4 Å². The van der Waals surface area contributed by atoms with Crippen LogP contribution in [0.4, 0.5) is 0 Å². The Morgan fingerprint density at radius 1 is 1.09 bits per heavy atom. The van der Waals surface area contributed by atoms with Crippen LogP contribution in [-0.2, 0) is 9.53 Å². The van der Waals surface area contributed by atoms with Crippen LogP contribution in [0.15, 0.2) is 11.1 Å². The molecule has 1 N–H and O–H groups in total. The van der Waals surface area contributed by atoms with Gasteiger partial charge >= 0.3 is 5.97 Å². The summed E-state index contributed by atoms with van der Waals surface area (Å²) in [5, 5.41) is 20.7. The number of aliphatic hydroxyl groups is 1. The number of esters is 1. The zero-order chi connectivity index (χ0) is 24.8. The second-order valence-corrected chi connectivity index (χ2v) is 13.4. The molecule has 5 aliphatic carbocycles. The lowest BCUT2D eigenvalue weighted by atomic mass is 9.45. The SMILES string of the molecule is C[C@H](CCC(=O)OC1CCCCC1)[C@H]1CC[C@H]2C3=C(CC[C@]12C)[C@@]1(C)CC[C@H](O)C[C@]1(C#N)CC3. The summed E-state index contributed by atoms with van der Waals surface area (Å²) in [6, 6.07) is 2.74. The van der Waals surface area contributed by atoms with E-state index in [1.54, 1.807) is 11.1 Å². The molecule has 3 saturated carbocycles. The van der Waals surface area contributed by atoms with E-state index in [-0.39, 0.29) is 29.0 Å². The Hall–Kier alpha value is -1.34. The van der Waals surface area contributed by atoms with Gasteiger partial charge in [0.1, 0.15) is 6.10 Å². The van der Waals surface area contributed by atoms with Crippen molar-refractivity contribution >= 4 is 5.97 Å². The van der Waals surface area contributed by atoms with Gasteiger partial charge in [-0.2, -0.15) is 5.26 Å². The molecule has 4 heteroatoms. The molecule has 35 heavy (non-hydrogen) atoms. The predicted octanol–water partition coefficient (Wildman–Crippen LogP) is 7.26. The van der Waals surface area contributed by atoms with Gasteiger partial charge in [0.15, 0.2) is 0 Å². The number of fused-ring (bicyclic) bond motifs is 4. The molecular weight excluding hydrogens is 434 g/mol. The zero-order valence-corrected chi connectivity index (χ0v) is 22.4. The normalized spacial score (nSPS) is 42.4. The molecule has 3 fully saturated rings. The fourth-order valence-corrected chi connectivity index (χ4v) is 9.64. The van der Waals surface area contributed by atoms with Crippen LogP contribution in [0.5, 0.6) is 0 Å². The van der Waals surface area contributed by atoms with Gasteiger partial charge in [0.2, 0.25) is 0 Å². The number of nitrogens with zero attached hydrogens (tertiary/aromatic N) is 1. The van der Waals surface area contributed by atoms with Crippen LogP contribution in [0, 0.1) is 45.3 Å². The van der Waals surface area contributed by atoms with Crippen LogP contribution in [0.3, 0.4) is 0 Å². The van der Waals surface area contributed by atoms with Gasteiger partial charge < -0.3 is 9.84 Å². The summed E-state index contributed by atoms with van der Waals surface area (Å²) in [7, 11) is 0. The van der Waals surface area contributed by atoms with Crippen molar-refractivity contribution in [1.82, 2.24) is 0 Å². The highest BCUT2D eigenvalue weighted by Gasteiger charge is 2.61. The molecule has 0 aromatic carbocycles. The Labute approximate surface area is 212 Å². The summed E-state index contributed by atoms with van der Waals surface area (Å²) in [6.45, 7) is 7.27. The third kappa shape index (κ3) is 4.18. The topological polar surface area (TPSA) is 70.3 Å². The summed E-state index contributed by atoms with van der Waals surface area (Å²) in [5.41, 5.74) is 3.14. The highest BCUT2D eigenvalue weighted by Crippen LogP contribution is 2.68. The van der Waals surface area contributed by atoms with Gasteiger partial charge in [0.05, 0.1) is 17.6 Å². The molecule has 0 radical (unpaired) electrons. The van der Waals surface area contributed by atoms with E-state index in [4.69, 9.17) is 4.74 Å². The lowest BCUT2D eigenvalue weighted by Gasteiger charge is -2.58. The Balaban J connectivity index is 1.27. The van der Waals surface area contributed by atoms with Crippen LogP contribution in [0.25, 0.3) is 0 Å². The number of rotatable bonds is 5. The first-order valence-corrected chi connectivity index (χ1v) is 14.7. The first-order chi connectivity index (χ1) is 16.7. The van der Waals surface area contributed by atoms with Crippen molar-refractivity contribution in [2.45, 2.75) is 136 Å². The van der Waals surface area contributed by atoms with Crippen molar-refractivity contribution in [1.29, 1.82) is 5.26 Å². The maximum absolute atomic E-state index is 12.6. The standard InChI is InChI=1S/C31H47NO3/c1-21(9-12-28(34)35-23-7-5-4-6-8-23)25-10-11-26-24-14-18-31(20-32)19-22(33)13-17-30(31,3)27(24)15-16-29(25,26)2/h21-23,25-26,33H,4-19H2,1-3H3/t21-,22+,25-,26+,29-,30-,31+/m1/s1. The molecule has 7 atom stereocenters. The monoisotopic (exact) mass is 481 g/mol. The van der Waals surface area contributed by atoms with Gasteiger partial charge in [-0.1, -0.05) is 38.3 Å². The van der Waals surface area contributed by atoms with Gasteiger partial charge in [-0.25, -0.2) is 0 Å². The molecule has 5 rings (SSSR count). The summed E-state index contributed by atoms with van der Waals surface area (Å²) in [5.74, 6) is 1.85. The average molecular weight is 482 g/mol. The maximum atomic E-state index is 12.6. The molecule has 0 spiro atoms. The van der Waals surface area contributed by atoms with Gasteiger partial charge in [-0.05, 0) is 113 Å². The zero-order valence-electron chi connectivity index (χ0n) is 22.4. The maximum Gasteiger partial charge on any atom is 0.306 e. The van der Waals surface area contributed by atoms with Crippen LogP contribution in [0.1, 0.15) is 124 Å². The van der Waals surface area contributed by atoms with E-state index in [1.165, 1.54) is 38.5 Å². The average Bonchev–Trinajstić information content (AvgIpc) is 3.21. The van der Waals surface area contributed by atoms with Gasteiger partial charge in [0.25, 0.3) is 0 Å². The van der Waals surface area contributed by atoms with Crippen molar-refractivity contribution in [2.24, 2.45) is 34.0 Å². The first-order valence-electron chi connectivity index (χ1n) is 14.7. The van der Waals surface area contributed by atoms with E-state index in [9.17, 15) is 15.2 Å². The highest BCUT2D eigenvalue weighted by atomic mass is 16.5. The van der Waals surface area contributed by atoms with Gasteiger partial charge in [-0.3, -0.25) is 4.79 Å². The fourth-order valence-electron chi connectivity index (χ4n) is 9.64. The molecule has 5 aliphatic rings. The second-order valence-electron chi connectivity index (χ2n) is 13.4. The molecule has 0 bridgehead atoms.